The molecule has 2 aliphatic heterocycles. The lowest BCUT2D eigenvalue weighted by Gasteiger charge is -2.46. The number of nitrogens with one attached hydrogen (secondary N) is 1. The van der Waals surface area contributed by atoms with Gasteiger partial charge in [-0.3, -0.25) is 4.98 Å². The molecule has 1 unspecified atom stereocenters. The maximum absolute atomic E-state index is 4.11. The Morgan fingerprint density at radius 2 is 1.75 bits per heavy atom. The summed E-state index contributed by atoms with van der Waals surface area (Å²) in [5.74, 6) is 0. The second-order valence-electron chi connectivity index (χ2n) is 5.51. The van der Waals surface area contributed by atoms with Gasteiger partial charge in [0.1, 0.15) is 0 Å². The topological polar surface area (TPSA) is 28.2 Å². The number of nitrogens with zero attached hydrogens (tertiary/aromatic N) is 2. The number of halogens is 3. The van der Waals surface area contributed by atoms with Gasteiger partial charge >= 0.3 is 0 Å². The van der Waals surface area contributed by atoms with Crippen molar-refractivity contribution in [2.45, 2.75) is 25.7 Å². The van der Waals surface area contributed by atoms with Gasteiger partial charge in [-0.2, -0.15) is 0 Å². The number of aromatic nitrogens is 1. The van der Waals surface area contributed by atoms with E-state index in [-0.39, 0.29) is 37.2 Å². The van der Waals surface area contributed by atoms with Crippen LogP contribution in [0, 0.1) is 5.41 Å². The van der Waals surface area contributed by atoms with Crippen molar-refractivity contribution in [2.75, 3.05) is 31.1 Å². The Kier molecular flexibility index (Phi) is 8.83. The fourth-order valence-corrected chi connectivity index (χ4v) is 3.36. The van der Waals surface area contributed by atoms with Crippen LogP contribution in [0.1, 0.15) is 25.7 Å². The van der Waals surface area contributed by atoms with Gasteiger partial charge in [0.05, 0.1) is 0 Å². The average molecular weight is 341 g/mol. The molecule has 1 spiro atoms. The lowest BCUT2D eigenvalue weighted by molar-refractivity contribution is 0.173. The Hall–Kier alpha value is -0.220. The summed E-state index contributed by atoms with van der Waals surface area (Å²) in [4.78, 5) is 6.65. The molecule has 116 valence electrons. The zero-order valence-electron chi connectivity index (χ0n) is 11.6. The van der Waals surface area contributed by atoms with Gasteiger partial charge in [-0.15, -0.1) is 37.2 Å². The molecule has 1 aromatic rings. The normalized spacial score (nSPS) is 25.1. The summed E-state index contributed by atoms with van der Waals surface area (Å²) in [6.07, 6.45) is 9.24. The van der Waals surface area contributed by atoms with E-state index < -0.39 is 0 Å². The lowest BCUT2D eigenvalue weighted by Crippen LogP contribution is -2.51. The molecule has 3 heterocycles. The molecule has 1 aromatic heterocycles. The molecule has 6 heteroatoms. The van der Waals surface area contributed by atoms with E-state index in [1.807, 2.05) is 12.4 Å². The lowest BCUT2D eigenvalue weighted by atomic mass is 9.74. The molecule has 0 aromatic carbocycles. The Morgan fingerprint density at radius 3 is 2.40 bits per heavy atom. The highest BCUT2D eigenvalue weighted by Crippen LogP contribution is 2.37. The van der Waals surface area contributed by atoms with Crippen LogP contribution in [0.2, 0.25) is 0 Å². The van der Waals surface area contributed by atoms with E-state index in [0.717, 1.165) is 0 Å². The minimum Gasteiger partial charge on any atom is -0.371 e. The van der Waals surface area contributed by atoms with Crippen molar-refractivity contribution in [3.05, 3.63) is 24.5 Å². The van der Waals surface area contributed by atoms with E-state index in [2.05, 4.69) is 27.3 Å². The van der Waals surface area contributed by atoms with Crippen molar-refractivity contribution in [1.29, 1.82) is 0 Å². The van der Waals surface area contributed by atoms with Gasteiger partial charge in [-0.05, 0) is 44.4 Å². The highest BCUT2D eigenvalue weighted by Gasteiger charge is 2.36. The molecule has 1 atom stereocenters. The van der Waals surface area contributed by atoms with Gasteiger partial charge < -0.3 is 10.2 Å². The minimum absolute atomic E-state index is 0. The molecule has 3 nitrogen and oxygen atoms in total. The average Bonchev–Trinajstić information content (AvgIpc) is 2.41. The quantitative estimate of drug-likeness (QED) is 0.850. The summed E-state index contributed by atoms with van der Waals surface area (Å²) >= 11 is 0. The van der Waals surface area contributed by atoms with Crippen LogP contribution in [0.4, 0.5) is 5.69 Å². The van der Waals surface area contributed by atoms with Crippen LogP contribution in [-0.4, -0.2) is 31.2 Å². The summed E-state index contributed by atoms with van der Waals surface area (Å²) in [6, 6.07) is 4.27. The third-order valence-electron chi connectivity index (χ3n) is 4.25. The first kappa shape index (κ1) is 19.8. The largest absolute Gasteiger partial charge is 0.371 e. The molecule has 20 heavy (non-hydrogen) atoms. The Balaban J connectivity index is 0.00000120. The van der Waals surface area contributed by atoms with Crippen molar-refractivity contribution < 1.29 is 0 Å². The van der Waals surface area contributed by atoms with Gasteiger partial charge in [0.15, 0.2) is 0 Å². The van der Waals surface area contributed by atoms with Crippen molar-refractivity contribution in [3.63, 3.8) is 0 Å². The first-order valence-electron chi connectivity index (χ1n) is 6.74. The minimum atomic E-state index is 0. The smallest absolute Gasteiger partial charge is 0.0397 e. The van der Waals surface area contributed by atoms with Gasteiger partial charge in [-0.1, -0.05) is 0 Å². The van der Waals surface area contributed by atoms with Gasteiger partial charge in [-0.25, -0.2) is 0 Å². The van der Waals surface area contributed by atoms with E-state index in [1.165, 1.54) is 57.5 Å². The standard InChI is InChI=1S/C14H21N3.3ClH/c1-5-14(11-16-7-1)6-2-10-17(12-14)13-3-8-15-9-4-13;;;/h3-4,8-9,16H,1-2,5-7,10-12H2;3*1H. The highest BCUT2D eigenvalue weighted by atomic mass is 35.5. The number of rotatable bonds is 1. The van der Waals surface area contributed by atoms with Crippen molar-refractivity contribution >= 4 is 42.9 Å². The molecule has 0 amide bonds. The predicted octanol–water partition coefficient (Wildman–Crippen LogP) is 3.32. The van der Waals surface area contributed by atoms with Crippen LogP contribution in [-0.2, 0) is 0 Å². The molecule has 0 radical (unpaired) electrons. The van der Waals surface area contributed by atoms with Crippen molar-refractivity contribution in [3.8, 4) is 0 Å². The zero-order valence-corrected chi connectivity index (χ0v) is 14.0. The molecule has 2 aliphatic rings. The second-order valence-corrected chi connectivity index (χ2v) is 5.51. The fourth-order valence-electron chi connectivity index (χ4n) is 3.36. The van der Waals surface area contributed by atoms with Crippen molar-refractivity contribution in [2.24, 2.45) is 5.41 Å². The molecule has 1 N–H and O–H groups in total. The monoisotopic (exact) mass is 339 g/mol. The third kappa shape index (κ3) is 4.39. The Bertz CT molecular complexity index is 364. The maximum Gasteiger partial charge on any atom is 0.0397 e. The summed E-state index contributed by atoms with van der Waals surface area (Å²) in [7, 11) is 0. The zero-order chi connectivity index (χ0) is 11.6. The summed E-state index contributed by atoms with van der Waals surface area (Å²) in [5, 5.41) is 3.58. The van der Waals surface area contributed by atoms with E-state index in [9.17, 15) is 0 Å². The van der Waals surface area contributed by atoms with Crippen LogP contribution in [0.15, 0.2) is 24.5 Å². The van der Waals surface area contributed by atoms with Crippen molar-refractivity contribution in [1.82, 2.24) is 10.3 Å². The summed E-state index contributed by atoms with van der Waals surface area (Å²) in [5.41, 5.74) is 1.87. The predicted molar refractivity (Wildman–Crippen MR) is 92.0 cm³/mol. The Labute approximate surface area is 140 Å². The van der Waals surface area contributed by atoms with Gasteiger partial charge in [0.25, 0.3) is 0 Å². The second kappa shape index (κ2) is 8.93. The maximum atomic E-state index is 4.11. The third-order valence-corrected chi connectivity index (χ3v) is 4.25. The van der Waals surface area contributed by atoms with Gasteiger partial charge in [0, 0.05) is 43.1 Å². The molecule has 0 saturated carbocycles. The van der Waals surface area contributed by atoms with Crippen LogP contribution in [0.3, 0.4) is 0 Å². The first-order valence-corrected chi connectivity index (χ1v) is 6.74. The van der Waals surface area contributed by atoms with E-state index in [4.69, 9.17) is 0 Å². The molecular weight excluding hydrogens is 317 g/mol. The number of pyridine rings is 1. The first-order chi connectivity index (χ1) is 8.38. The number of piperidine rings is 2. The number of hydrogen-bond acceptors (Lipinski definition) is 3. The number of anilines is 1. The summed E-state index contributed by atoms with van der Waals surface area (Å²) < 4.78 is 0. The highest BCUT2D eigenvalue weighted by molar-refractivity contribution is 5.86. The molecule has 0 bridgehead atoms. The SMILES string of the molecule is Cl.Cl.Cl.c1cc(N2CCCC3(CCCNC3)C2)ccn1. The van der Waals surface area contributed by atoms with Crippen LogP contribution >= 0.6 is 37.2 Å². The molecular formula is C14H24Cl3N3. The fraction of sp³-hybridized carbons (Fsp3) is 0.643. The van der Waals surface area contributed by atoms with E-state index in [0.29, 0.717) is 5.41 Å². The van der Waals surface area contributed by atoms with E-state index in [1.54, 1.807) is 0 Å². The van der Waals surface area contributed by atoms with Gasteiger partial charge in [0.2, 0.25) is 0 Å². The number of hydrogen-bond donors (Lipinski definition) is 1. The Morgan fingerprint density at radius 1 is 1.05 bits per heavy atom. The summed E-state index contributed by atoms with van der Waals surface area (Å²) in [6.45, 7) is 4.82. The van der Waals surface area contributed by atoms with Crippen LogP contribution in [0.25, 0.3) is 0 Å². The molecule has 2 saturated heterocycles. The van der Waals surface area contributed by atoms with Crippen LogP contribution in [0.5, 0.6) is 0 Å². The molecule has 2 fully saturated rings. The molecule has 0 aliphatic carbocycles. The molecule has 3 rings (SSSR count). The van der Waals surface area contributed by atoms with E-state index >= 15 is 0 Å². The van der Waals surface area contributed by atoms with Crippen LogP contribution < -0.4 is 10.2 Å².